The molecule has 1 nitrogen and oxygen atoms in total. The molecule has 1 unspecified atom stereocenters. The first-order chi connectivity index (χ1) is 7.45. The van der Waals surface area contributed by atoms with Gasteiger partial charge in [0.05, 0.1) is 6.61 Å². The van der Waals surface area contributed by atoms with Gasteiger partial charge >= 0.3 is 0 Å². The number of hydrogen-bond acceptors (Lipinski definition) is 1. The molecule has 0 bridgehead atoms. The molecule has 1 heteroatoms. The Kier molecular flexibility index (Phi) is 2.18. The third-order valence-corrected chi connectivity index (χ3v) is 3.19. The van der Waals surface area contributed by atoms with Gasteiger partial charge in [-0.05, 0) is 22.8 Å². The smallest absolute Gasteiger partial charge is 0.0535 e. The Balaban J connectivity index is 2.16. The highest BCUT2D eigenvalue weighted by atomic mass is 16.5. The third-order valence-electron chi connectivity index (χ3n) is 3.19. The topological polar surface area (TPSA) is 9.23 Å². The molecule has 1 heterocycles. The van der Waals surface area contributed by atoms with Crippen molar-refractivity contribution >= 4 is 10.8 Å². The van der Waals surface area contributed by atoms with E-state index in [1.807, 2.05) is 0 Å². The van der Waals surface area contributed by atoms with Crippen LogP contribution in [0.25, 0.3) is 10.8 Å². The lowest BCUT2D eigenvalue weighted by Gasteiger charge is -2.11. The summed E-state index contributed by atoms with van der Waals surface area (Å²) in [6, 6.07) is 15.2. The third kappa shape index (κ3) is 1.53. The molecule has 0 radical (unpaired) electrons. The Morgan fingerprint density at radius 1 is 1.00 bits per heavy atom. The van der Waals surface area contributed by atoms with Crippen LogP contribution in [-0.2, 0) is 4.74 Å². The molecule has 0 saturated carbocycles. The summed E-state index contributed by atoms with van der Waals surface area (Å²) in [5.74, 6) is 0.594. The van der Waals surface area contributed by atoms with E-state index < -0.39 is 0 Å². The molecule has 76 valence electrons. The Labute approximate surface area is 89.7 Å². The number of benzene rings is 2. The molecule has 0 spiro atoms. The molecule has 2 aromatic rings. The first kappa shape index (κ1) is 8.93. The minimum absolute atomic E-state index is 0.594. The van der Waals surface area contributed by atoms with Gasteiger partial charge in [-0.25, -0.2) is 0 Å². The molecule has 15 heavy (non-hydrogen) atoms. The van der Waals surface area contributed by atoms with Gasteiger partial charge in [-0.3, -0.25) is 0 Å². The minimum atomic E-state index is 0.594. The quantitative estimate of drug-likeness (QED) is 0.682. The van der Waals surface area contributed by atoms with Gasteiger partial charge in [-0.15, -0.1) is 0 Å². The Morgan fingerprint density at radius 3 is 2.73 bits per heavy atom. The SMILES string of the molecule is c1ccc2c(C3CCOC3)cccc2c1. The summed E-state index contributed by atoms with van der Waals surface area (Å²) >= 11 is 0. The van der Waals surface area contributed by atoms with Crippen LogP contribution in [0.5, 0.6) is 0 Å². The minimum Gasteiger partial charge on any atom is -0.381 e. The molecule has 1 fully saturated rings. The van der Waals surface area contributed by atoms with Crippen LogP contribution in [0.4, 0.5) is 0 Å². The molecule has 3 rings (SSSR count). The van der Waals surface area contributed by atoms with Crippen molar-refractivity contribution < 1.29 is 4.74 Å². The van der Waals surface area contributed by atoms with Gasteiger partial charge in [-0.2, -0.15) is 0 Å². The second kappa shape index (κ2) is 3.67. The highest BCUT2D eigenvalue weighted by Crippen LogP contribution is 2.30. The van der Waals surface area contributed by atoms with Gasteiger partial charge in [0, 0.05) is 12.5 Å². The van der Waals surface area contributed by atoms with E-state index >= 15 is 0 Å². The van der Waals surface area contributed by atoms with Gasteiger partial charge in [0.2, 0.25) is 0 Å². The van der Waals surface area contributed by atoms with Gasteiger partial charge in [-0.1, -0.05) is 42.5 Å². The van der Waals surface area contributed by atoms with Crippen molar-refractivity contribution in [3.8, 4) is 0 Å². The molecule has 0 aromatic heterocycles. The molecular weight excluding hydrogens is 184 g/mol. The highest BCUT2D eigenvalue weighted by Gasteiger charge is 2.19. The molecule has 1 atom stereocenters. The van der Waals surface area contributed by atoms with Crippen LogP contribution in [-0.4, -0.2) is 13.2 Å². The van der Waals surface area contributed by atoms with Crippen molar-refractivity contribution in [3.05, 3.63) is 48.0 Å². The van der Waals surface area contributed by atoms with Crippen molar-refractivity contribution in [3.63, 3.8) is 0 Å². The van der Waals surface area contributed by atoms with Gasteiger partial charge in [0.25, 0.3) is 0 Å². The lowest BCUT2D eigenvalue weighted by Crippen LogP contribution is -1.98. The predicted octanol–water partition coefficient (Wildman–Crippen LogP) is 3.34. The molecule has 0 N–H and O–H groups in total. The number of fused-ring (bicyclic) bond motifs is 1. The van der Waals surface area contributed by atoms with Gasteiger partial charge < -0.3 is 4.74 Å². The lowest BCUT2D eigenvalue weighted by molar-refractivity contribution is 0.194. The molecule has 0 amide bonds. The summed E-state index contributed by atoms with van der Waals surface area (Å²) in [5, 5.41) is 2.72. The first-order valence-corrected chi connectivity index (χ1v) is 5.50. The van der Waals surface area contributed by atoms with Crippen molar-refractivity contribution in [1.82, 2.24) is 0 Å². The maximum Gasteiger partial charge on any atom is 0.0535 e. The fourth-order valence-corrected chi connectivity index (χ4v) is 2.39. The molecular formula is C14H14O. The second-order valence-corrected chi connectivity index (χ2v) is 4.13. The van der Waals surface area contributed by atoms with E-state index in [2.05, 4.69) is 42.5 Å². The fourth-order valence-electron chi connectivity index (χ4n) is 2.39. The molecule has 1 aliphatic heterocycles. The van der Waals surface area contributed by atoms with Crippen LogP contribution in [0.1, 0.15) is 17.9 Å². The van der Waals surface area contributed by atoms with E-state index in [4.69, 9.17) is 4.74 Å². The first-order valence-electron chi connectivity index (χ1n) is 5.50. The van der Waals surface area contributed by atoms with E-state index in [1.165, 1.54) is 16.3 Å². The van der Waals surface area contributed by atoms with E-state index in [1.54, 1.807) is 0 Å². The Hall–Kier alpha value is -1.34. The molecule has 1 aliphatic rings. The number of hydrogen-bond donors (Lipinski definition) is 0. The second-order valence-electron chi connectivity index (χ2n) is 4.13. The zero-order valence-electron chi connectivity index (χ0n) is 8.65. The number of ether oxygens (including phenoxy) is 1. The van der Waals surface area contributed by atoms with Gasteiger partial charge in [0.1, 0.15) is 0 Å². The van der Waals surface area contributed by atoms with Crippen molar-refractivity contribution in [2.75, 3.05) is 13.2 Å². The standard InChI is InChI=1S/C14H14O/c1-2-6-13-11(4-1)5-3-7-14(13)12-8-9-15-10-12/h1-7,12H,8-10H2. The van der Waals surface area contributed by atoms with Crippen molar-refractivity contribution in [1.29, 1.82) is 0 Å². The average Bonchev–Trinajstić information content (AvgIpc) is 2.82. The van der Waals surface area contributed by atoms with E-state index in [0.717, 1.165) is 19.6 Å². The van der Waals surface area contributed by atoms with Crippen LogP contribution in [0.15, 0.2) is 42.5 Å². The maximum atomic E-state index is 5.46. The summed E-state index contributed by atoms with van der Waals surface area (Å²) in [4.78, 5) is 0. The predicted molar refractivity (Wildman–Crippen MR) is 62.1 cm³/mol. The summed E-state index contributed by atoms with van der Waals surface area (Å²) in [6.45, 7) is 1.79. The molecule has 1 saturated heterocycles. The fraction of sp³-hybridized carbons (Fsp3) is 0.286. The van der Waals surface area contributed by atoms with E-state index in [0.29, 0.717) is 5.92 Å². The summed E-state index contributed by atoms with van der Waals surface area (Å²) < 4.78 is 5.46. The maximum absolute atomic E-state index is 5.46. The van der Waals surface area contributed by atoms with Crippen molar-refractivity contribution in [2.24, 2.45) is 0 Å². The van der Waals surface area contributed by atoms with Crippen LogP contribution in [0.3, 0.4) is 0 Å². The zero-order chi connectivity index (χ0) is 10.1. The van der Waals surface area contributed by atoms with E-state index in [-0.39, 0.29) is 0 Å². The molecule has 2 aromatic carbocycles. The van der Waals surface area contributed by atoms with Crippen molar-refractivity contribution in [2.45, 2.75) is 12.3 Å². The zero-order valence-corrected chi connectivity index (χ0v) is 8.65. The summed E-state index contributed by atoms with van der Waals surface area (Å²) in [6.07, 6.45) is 1.16. The van der Waals surface area contributed by atoms with Gasteiger partial charge in [0.15, 0.2) is 0 Å². The molecule has 0 aliphatic carbocycles. The summed E-state index contributed by atoms with van der Waals surface area (Å²) in [5.41, 5.74) is 1.45. The van der Waals surface area contributed by atoms with E-state index in [9.17, 15) is 0 Å². The van der Waals surface area contributed by atoms with Crippen LogP contribution in [0.2, 0.25) is 0 Å². The lowest BCUT2D eigenvalue weighted by atomic mass is 9.93. The van der Waals surface area contributed by atoms with Crippen LogP contribution >= 0.6 is 0 Å². The number of rotatable bonds is 1. The monoisotopic (exact) mass is 198 g/mol. The van der Waals surface area contributed by atoms with Crippen LogP contribution in [0, 0.1) is 0 Å². The van der Waals surface area contributed by atoms with Crippen LogP contribution < -0.4 is 0 Å². The normalized spacial score (nSPS) is 20.9. The largest absolute Gasteiger partial charge is 0.381 e. The Bertz CT molecular complexity index is 464. The summed E-state index contributed by atoms with van der Waals surface area (Å²) in [7, 11) is 0. The highest BCUT2D eigenvalue weighted by molar-refractivity contribution is 5.86. The Morgan fingerprint density at radius 2 is 1.87 bits per heavy atom. The average molecular weight is 198 g/mol.